The number of halogens is 1. The van der Waals surface area contributed by atoms with Crippen LogP contribution in [-0.2, 0) is 6.54 Å². The first-order valence-corrected chi connectivity index (χ1v) is 5.37. The lowest BCUT2D eigenvalue weighted by Crippen LogP contribution is -2.26. The number of aromatic nitrogens is 2. The Kier molecular flexibility index (Phi) is 3.19. The molecular weight excluding hydrogens is 221 g/mol. The van der Waals surface area contributed by atoms with Crippen LogP contribution in [0.3, 0.4) is 0 Å². The van der Waals surface area contributed by atoms with Crippen molar-refractivity contribution in [3.8, 4) is 0 Å². The molecule has 0 saturated carbocycles. The van der Waals surface area contributed by atoms with Crippen LogP contribution in [0.1, 0.15) is 0 Å². The first-order valence-electron chi connectivity index (χ1n) is 5.37. The highest BCUT2D eigenvalue weighted by atomic mass is 19.1. The number of hydrogen-bond donors (Lipinski definition) is 0. The van der Waals surface area contributed by atoms with Gasteiger partial charge >= 0.3 is 0 Å². The Bertz CT molecular complexity index is 592. The molecule has 17 heavy (non-hydrogen) atoms. The van der Waals surface area contributed by atoms with Crippen molar-refractivity contribution < 1.29 is 4.39 Å². The van der Waals surface area contributed by atoms with E-state index in [1.807, 2.05) is 19.0 Å². The van der Waals surface area contributed by atoms with E-state index < -0.39 is 0 Å². The summed E-state index contributed by atoms with van der Waals surface area (Å²) in [6, 6.07) is 4.03. The molecule has 0 bridgehead atoms. The van der Waals surface area contributed by atoms with Crippen LogP contribution < -0.4 is 5.56 Å². The van der Waals surface area contributed by atoms with Gasteiger partial charge in [-0.1, -0.05) is 0 Å². The SMILES string of the molecule is CN(C)CCn1cnc2cc(F)ccc2c1=O. The summed E-state index contributed by atoms with van der Waals surface area (Å²) in [5.74, 6) is -0.379. The average Bonchev–Trinajstić information content (AvgIpc) is 2.27. The molecule has 0 radical (unpaired) electrons. The standard InChI is InChI=1S/C12H14FN3O/c1-15(2)5-6-16-8-14-11-7-9(13)3-4-10(11)12(16)17/h3-4,7-8H,5-6H2,1-2H3. The molecule has 2 aromatic rings. The minimum Gasteiger partial charge on any atom is -0.308 e. The van der Waals surface area contributed by atoms with Crippen molar-refractivity contribution in [1.29, 1.82) is 0 Å². The zero-order chi connectivity index (χ0) is 12.4. The van der Waals surface area contributed by atoms with E-state index in [9.17, 15) is 9.18 Å². The smallest absolute Gasteiger partial charge is 0.261 e. The van der Waals surface area contributed by atoms with Crippen molar-refractivity contribution >= 4 is 10.9 Å². The van der Waals surface area contributed by atoms with Gasteiger partial charge in [-0.25, -0.2) is 9.37 Å². The quantitative estimate of drug-likeness (QED) is 0.799. The molecule has 0 spiro atoms. The van der Waals surface area contributed by atoms with Gasteiger partial charge in [-0.15, -0.1) is 0 Å². The van der Waals surface area contributed by atoms with E-state index >= 15 is 0 Å². The van der Waals surface area contributed by atoms with Crippen LogP contribution in [0.2, 0.25) is 0 Å². The average molecular weight is 235 g/mol. The molecule has 0 aliphatic heterocycles. The molecule has 5 heteroatoms. The summed E-state index contributed by atoms with van der Waals surface area (Å²) < 4.78 is 14.5. The minimum atomic E-state index is -0.379. The molecule has 0 aliphatic rings. The van der Waals surface area contributed by atoms with Gasteiger partial charge in [0.1, 0.15) is 5.82 Å². The van der Waals surface area contributed by atoms with Crippen molar-refractivity contribution in [3.05, 3.63) is 40.7 Å². The Labute approximate surface area is 98.3 Å². The lowest BCUT2D eigenvalue weighted by atomic mass is 10.2. The third-order valence-corrected chi connectivity index (χ3v) is 2.58. The van der Waals surface area contributed by atoms with Gasteiger partial charge in [0.15, 0.2) is 0 Å². The summed E-state index contributed by atoms with van der Waals surface area (Å²) in [6.45, 7) is 1.33. The number of hydrogen-bond acceptors (Lipinski definition) is 3. The minimum absolute atomic E-state index is 0.128. The first kappa shape index (κ1) is 11.7. The summed E-state index contributed by atoms with van der Waals surface area (Å²) in [7, 11) is 3.88. The van der Waals surface area contributed by atoms with Crippen LogP contribution in [0.15, 0.2) is 29.3 Å². The van der Waals surface area contributed by atoms with Crippen LogP contribution in [0.25, 0.3) is 10.9 Å². The topological polar surface area (TPSA) is 38.1 Å². The van der Waals surface area contributed by atoms with E-state index in [2.05, 4.69) is 4.98 Å². The molecular formula is C12H14FN3O. The zero-order valence-electron chi connectivity index (χ0n) is 9.85. The lowest BCUT2D eigenvalue weighted by molar-refractivity contribution is 0.380. The number of likely N-dealkylation sites (N-methyl/N-ethyl adjacent to an activating group) is 1. The van der Waals surface area contributed by atoms with E-state index in [0.717, 1.165) is 6.54 Å². The van der Waals surface area contributed by atoms with Gasteiger partial charge in [-0.05, 0) is 26.2 Å². The van der Waals surface area contributed by atoms with Crippen molar-refractivity contribution in [3.63, 3.8) is 0 Å². The highest BCUT2D eigenvalue weighted by Crippen LogP contribution is 2.08. The predicted octanol–water partition coefficient (Wildman–Crippen LogP) is 1.10. The van der Waals surface area contributed by atoms with E-state index in [1.54, 1.807) is 4.57 Å². The summed E-state index contributed by atoms with van der Waals surface area (Å²) >= 11 is 0. The van der Waals surface area contributed by atoms with Crippen LogP contribution in [-0.4, -0.2) is 35.1 Å². The van der Waals surface area contributed by atoms with Gasteiger partial charge in [0.25, 0.3) is 5.56 Å². The monoisotopic (exact) mass is 235 g/mol. The van der Waals surface area contributed by atoms with Crippen molar-refractivity contribution in [2.45, 2.75) is 6.54 Å². The van der Waals surface area contributed by atoms with Gasteiger partial charge in [-0.2, -0.15) is 0 Å². The molecule has 0 fully saturated rings. The summed E-state index contributed by atoms with van der Waals surface area (Å²) in [5, 5.41) is 0.452. The zero-order valence-corrected chi connectivity index (χ0v) is 9.85. The van der Waals surface area contributed by atoms with Gasteiger partial charge in [0.05, 0.1) is 17.2 Å². The Balaban J connectivity index is 2.44. The normalized spacial score (nSPS) is 11.3. The molecule has 1 aromatic heterocycles. The molecule has 0 atom stereocenters. The molecule has 0 saturated heterocycles. The second-order valence-electron chi connectivity index (χ2n) is 4.21. The summed E-state index contributed by atoms with van der Waals surface area (Å²) in [6.07, 6.45) is 1.47. The Morgan fingerprint density at radius 2 is 2.18 bits per heavy atom. The maximum absolute atomic E-state index is 13.0. The summed E-state index contributed by atoms with van der Waals surface area (Å²) in [5.41, 5.74) is 0.271. The molecule has 0 unspecified atom stereocenters. The fourth-order valence-electron chi connectivity index (χ4n) is 1.60. The molecule has 90 valence electrons. The lowest BCUT2D eigenvalue weighted by Gasteiger charge is -2.11. The maximum atomic E-state index is 13.0. The highest BCUT2D eigenvalue weighted by Gasteiger charge is 2.05. The van der Waals surface area contributed by atoms with E-state index in [4.69, 9.17) is 0 Å². The van der Waals surface area contributed by atoms with Gasteiger partial charge in [-0.3, -0.25) is 9.36 Å². The number of fused-ring (bicyclic) bond motifs is 1. The Morgan fingerprint density at radius 1 is 1.41 bits per heavy atom. The van der Waals surface area contributed by atoms with Gasteiger partial charge in [0, 0.05) is 19.2 Å². The molecule has 0 amide bonds. The largest absolute Gasteiger partial charge is 0.308 e. The second-order valence-corrected chi connectivity index (χ2v) is 4.21. The van der Waals surface area contributed by atoms with Crippen LogP contribution in [0.5, 0.6) is 0 Å². The van der Waals surface area contributed by atoms with Crippen molar-refractivity contribution in [2.75, 3.05) is 20.6 Å². The van der Waals surface area contributed by atoms with Gasteiger partial charge in [0.2, 0.25) is 0 Å². The van der Waals surface area contributed by atoms with Crippen molar-refractivity contribution in [2.24, 2.45) is 0 Å². The number of benzene rings is 1. The van der Waals surface area contributed by atoms with E-state index in [0.29, 0.717) is 17.4 Å². The van der Waals surface area contributed by atoms with Crippen LogP contribution in [0, 0.1) is 5.82 Å². The maximum Gasteiger partial charge on any atom is 0.261 e. The highest BCUT2D eigenvalue weighted by molar-refractivity contribution is 5.77. The molecule has 4 nitrogen and oxygen atoms in total. The predicted molar refractivity (Wildman–Crippen MR) is 64.5 cm³/mol. The Morgan fingerprint density at radius 3 is 2.88 bits per heavy atom. The molecule has 1 aromatic carbocycles. The molecule has 2 rings (SSSR count). The first-order chi connectivity index (χ1) is 8.08. The number of rotatable bonds is 3. The molecule has 1 heterocycles. The van der Waals surface area contributed by atoms with Crippen LogP contribution >= 0.6 is 0 Å². The third-order valence-electron chi connectivity index (χ3n) is 2.58. The van der Waals surface area contributed by atoms with E-state index in [1.165, 1.54) is 24.5 Å². The van der Waals surface area contributed by atoms with Crippen molar-refractivity contribution in [1.82, 2.24) is 14.5 Å². The second kappa shape index (κ2) is 4.63. The molecule has 0 N–H and O–H groups in total. The fourth-order valence-corrected chi connectivity index (χ4v) is 1.60. The van der Waals surface area contributed by atoms with E-state index in [-0.39, 0.29) is 11.4 Å². The molecule has 0 aliphatic carbocycles. The van der Waals surface area contributed by atoms with Gasteiger partial charge < -0.3 is 4.90 Å². The fraction of sp³-hybridized carbons (Fsp3) is 0.333. The number of nitrogens with zero attached hydrogens (tertiary/aromatic N) is 3. The van der Waals surface area contributed by atoms with Crippen LogP contribution in [0.4, 0.5) is 4.39 Å². The summed E-state index contributed by atoms with van der Waals surface area (Å²) in [4.78, 5) is 18.1. The third kappa shape index (κ3) is 2.50. The Hall–Kier alpha value is -1.75.